The third-order valence-corrected chi connectivity index (χ3v) is 2.05. The lowest BCUT2D eigenvalue weighted by molar-refractivity contribution is -0.142. The van der Waals surface area contributed by atoms with Gasteiger partial charge in [0.25, 0.3) is 6.43 Å². The van der Waals surface area contributed by atoms with Crippen LogP contribution in [0.3, 0.4) is 0 Å². The molecular formula is C11H9F3N2O2. The van der Waals surface area contributed by atoms with E-state index < -0.39 is 35.9 Å². The van der Waals surface area contributed by atoms with Gasteiger partial charge in [-0.15, -0.1) is 0 Å². The highest BCUT2D eigenvalue weighted by Gasteiger charge is 2.20. The van der Waals surface area contributed by atoms with Crippen molar-refractivity contribution < 1.29 is 22.7 Å². The molecule has 0 unspecified atom stereocenters. The molecule has 0 aliphatic rings. The maximum atomic E-state index is 13.1. The Morgan fingerprint density at radius 1 is 1.61 bits per heavy atom. The van der Waals surface area contributed by atoms with Crippen LogP contribution in [-0.2, 0) is 16.0 Å². The van der Waals surface area contributed by atoms with Gasteiger partial charge >= 0.3 is 5.97 Å². The molecule has 0 saturated carbocycles. The second-order valence-electron chi connectivity index (χ2n) is 3.25. The first-order valence-electron chi connectivity index (χ1n) is 5.02. The highest BCUT2D eigenvalue weighted by molar-refractivity contribution is 5.72. The van der Waals surface area contributed by atoms with E-state index in [2.05, 4.69) is 9.72 Å². The summed E-state index contributed by atoms with van der Waals surface area (Å²) in [5, 5.41) is 8.55. The molecule has 0 fully saturated rings. The van der Waals surface area contributed by atoms with E-state index in [4.69, 9.17) is 5.26 Å². The van der Waals surface area contributed by atoms with Crippen LogP contribution >= 0.6 is 0 Å². The van der Waals surface area contributed by atoms with E-state index in [1.165, 1.54) is 6.07 Å². The first kappa shape index (κ1) is 14.0. The zero-order chi connectivity index (χ0) is 13.7. The van der Waals surface area contributed by atoms with Crippen LogP contribution in [0, 0.1) is 17.1 Å². The lowest BCUT2D eigenvalue weighted by Gasteiger charge is -2.08. The van der Waals surface area contributed by atoms with Crippen molar-refractivity contribution in [3.05, 3.63) is 28.8 Å². The van der Waals surface area contributed by atoms with Gasteiger partial charge in [0.1, 0.15) is 6.07 Å². The third-order valence-electron chi connectivity index (χ3n) is 2.05. The first-order valence-corrected chi connectivity index (χ1v) is 5.02. The fraction of sp³-hybridized carbons (Fsp3) is 0.364. The summed E-state index contributed by atoms with van der Waals surface area (Å²) in [6.07, 6.45) is -3.51. The molecule has 0 N–H and O–H groups in total. The Morgan fingerprint density at radius 2 is 2.28 bits per heavy atom. The molecule has 4 nitrogen and oxygen atoms in total. The SMILES string of the molecule is CCOC(=O)Cc1nc(C#N)c(F)cc1C(F)F. The smallest absolute Gasteiger partial charge is 0.311 e. The highest BCUT2D eigenvalue weighted by Crippen LogP contribution is 2.24. The topological polar surface area (TPSA) is 63.0 Å². The number of hydrogen-bond donors (Lipinski definition) is 0. The lowest BCUT2D eigenvalue weighted by Crippen LogP contribution is -2.12. The van der Waals surface area contributed by atoms with Gasteiger partial charge in [0, 0.05) is 5.56 Å². The monoisotopic (exact) mass is 258 g/mol. The number of nitrogens with zero attached hydrogens (tertiary/aromatic N) is 2. The van der Waals surface area contributed by atoms with Gasteiger partial charge < -0.3 is 4.74 Å². The number of rotatable bonds is 4. The van der Waals surface area contributed by atoms with Crippen LogP contribution in [0.25, 0.3) is 0 Å². The number of pyridine rings is 1. The van der Waals surface area contributed by atoms with E-state index in [9.17, 15) is 18.0 Å². The van der Waals surface area contributed by atoms with E-state index in [0.717, 1.165) is 0 Å². The van der Waals surface area contributed by atoms with Crippen molar-refractivity contribution in [3.63, 3.8) is 0 Å². The number of alkyl halides is 2. The highest BCUT2D eigenvalue weighted by atomic mass is 19.3. The second kappa shape index (κ2) is 6.00. The zero-order valence-electron chi connectivity index (χ0n) is 9.41. The largest absolute Gasteiger partial charge is 0.466 e. The molecule has 1 rings (SSSR count). The molecular weight excluding hydrogens is 249 g/mol. The summed E-state index contributed by atoms with van der Waals surface area (Å²) in [7, 11) is 0. The molecule has 0 atom stereocenters. The fourth-order valence-electron chi connectivity index (χ4n) is 1.30. The predicted octanol–water partition coefficient (Wildman–Crippen LogP) is 2.14. The molecule has 0 aliphatic heterocycles. The molecule has 1 heterocycles. The average Bonchev–Trinajstić information content (AvgIpc) is 2.30. The van der Waals surface area contributed by atoms with Gasteiger partial charge in [0.2, 0.25) is 0 Å². The molecule has 0 bridgehead atoms. The number of hydrogen-bond acceptors (Lipinski definition) is 4. The Bertz CT molecular complexity index is 498. The minimum Gasteiger partial charge on any atom is -0.466 e. The van der Waals surface area contributed by atoms with Crippen LogP contribution < -0.4 is 0 Å². The Kier molecular flexibility index (Phi) is 4.66. The minimum atomic E-state index is -2.98. The molecule has 0 saturated heterocycles. The van der Waals surface area contributed by atoms with Crippen LogP contribution in [-0.4, -0.2) is 17.6 Å². The molecule has 0 radical (unpaired) electrons. The fourth-order valence-corrected chi connectivity index (χ4v) is 1.30. The molecule has 1 aromatic rings. The van der Waals surface area contributed by atoms with Crippen molar-refractivity contribution in [3.8, 4) is 6.07 Å². The predicted molar refractivity (Wildman–Crippen MR) is 54.2 cm³/mol. The summed E-state index contributed by atoms with van der Waals surface area (Å²) in [5.41, 5.74) is -1.68. The summed E-state index contributed by atoms with van der Waals surface area (Å²) in [5.74, 6) is -1.90. The van der Waals surface area contributed by atoms with Crippen molar-refractivity contribution in [2.75, 3.05) is 6.61 Å². The summed E-state index contributed by atoms with van der Waals surface area (Å²) in [6, 6.07) is 1.94. The van der Waals surface area contributed by atoms with E-state index >= 15 is 0 Å². The maximum Gasteiger partial charge on any atom is 0.311 e. The Morgan fingerprint density at radius 3 is 2.78 bits per heavy atom. The molecule has 96 valence electrons. The number of aromatic nitrogens is 1. The van der Waals surface area contributed by atoms with Crippen molar-refractivity contribution in [1.29, 1.82) is 5.26 Å². The van der Waals surface area contributed by atoms with Crippen molar-refractivity contribution in [2.24, 2.45) is 0 Å². The van der Waals surface area contributed by atoms with Crippen LogP contribution in [0.1, 0.15) is 30.3 Å². The van der Waals surface area contributed by atoms with Gasteiger partial charge in [0.15, 0.2) is 11.5 Å². The quantitative estimate of drug-likeness (QED) is 0.776. The standard InChI is InChI=1S/C11H9F3N2O2/c1-2-18-10(17)4-8-6(11(13)14)3-7(12)9(5-15)16-8/h3,11H,2,4H2,1H3. The molecule has 7 heteroatoms. The van der Waals surface area contributed by atoms with Crippen molar-refractivity contribution >= 4 is 5.97 Å². The minimum absolute atomic E-state index is 0.0924. The second-order valence-corrected chi connectivity index (χ2v) is 3.25. The molecule has 0 spiro atoms. The summed E-state index contributed by atoms with van der Waals surface area (Å²) >= 11 is 0. The van der Waals surface area contributed by atoms with Gasteiger partial charge in [-0.3, -0.25) is 4.79 Å². The zero-order valence-corrected chi connectivity index (χ0v) is 9.41. The van der Waals surface area contributed by atoms with Gasteiger partial charge in [-0.1, -0.05) is 0 Å². The molecule has 0 amide bonds. The Hall–Kier alpha value is -2.10. The van der Waals surface area contributed by atoms with E-state index in [1.807, 2.05) is 0 Å². The third kappa shape index (κ3) is 3.20. The number of nitriles is 1. The van der Waals surface area contributed by atoms with E-state index in [-0.39, 0.29) is 12.3 Å². The molecule has 1 aromatic heterocycles. The normalized spacial score (nSPS) is 10.2. The Balaban J connectivity index is 3.15. The molecule has 18 heavy (non-hydrogen) atoms. The van der Waals surface area contributed by atoms with Gasteiger partial charge in [-0.25, -0.2) is 18.2 Å². The first-order chi connectivity index (χ1) is 8.49. The number of carbonyl (C=O) groups excluding carboxylic acids is 1. The van der Waals surface area contributed by atoms with Gasteiger partial charge in [-0.05, 0) is 13.0 Å². The molecule has 0 aliphatic carbocycles. The van der Waals surface area contributed by atoms with Gasteiger partial charge in [0.05, 0.1) is 18.7 Å². The Labute approximate surface area is 101 Å². The van der Waals surface area contributed by atoms with Crippen LogP contribution in [0.4, 0.5) is 13.2 Å². The average molecular weight is 258 g/mol. The van der Waals surface area contributed by atoms with Crippen molar-refractivity contribution in [1.82, 2.24) is 4.98 Å². The van der Waals surface area contributed by atoms with E-state index in [1.54, 1.807) is 6.92 Å². The summed E-state index contributed by atoms with van der Waals surface area (Å²) in [4.78, 5) is 14.6. The van der Waals surface area contributed by atoms with Crippen LogP contribution in [0.5, 0.6) is 0 Å². The lowest BCUT2D eigenvalue weighted by atomic mass is 10.1. The molecule has 0 aromatic carbocycles. The maximum absolute atomic E-state index is 13.1. The number of carbonyl (C=O) groups is 1. The van der Waals surface area contributed by atoms with Crippen LogP contribution in [0.15, 0.2) is 6.07 Å². The summed E-state index contributed by atoms with van der Waals surface area (Å²) in [6.45, 7) is 1.65. The summed E-state index contributed by atoms with van der Waals surface area (Å²) < 4.78 is 43.0. The van der Waals surface area contributed by atoms with Crippen molar-refractivity contribution in [2.45, 2.75) is 19.8 Å². The number of halogens is 3. The van der Waals surface area contributed by atoms with Crippen LogP contribution in [0.2, 0.25) is 0 Å². The van der Waals surface area contributed by atoms with Gasteiger partial charge in [-0.2, -0.15) is 5.26 Å². The number of ether oxygens (including phenoxy) is 1. The number of esters is 1. The van der Waals surface area contributed by atoms with E-state index in [0.29, 0.717) is 6.07 Å².